The van der Waals surface area contributed by atoms with Gasteiger partial charge in [-0.3, -0.25) is 4.40 Å². The van der Waals surface area contributed by atoms with Gasteiger partial charge in [-0.05, 0) is 30.9 Å². The van der Waals surface area contributed by atoms with Gasteiger partial charge in [0.15, 0.2) is 11.5 Å². The van der Waals surface area contributed by atoms with Gasteiger partial charge in [-0.2, -0.15) is 0 Å². The SMILES string of the molecule is CC.Cl.NCC(Nc1nccc(-c2cnc3c(N4CCCCC4)nccn23)n1)c1ccccc1. The first-order valence-corrected chi connectivity index (χ1v) is 11.8. The number of anilines is 2. The molecule has 1 aromatic carbocycles. The molecule has 8 nitrogen and oxygen atoms in total. The Labute approximate surface area is 207 Å². The molecule has 4 aromatic rings. The fourth-order valence-electron chi connectivity index (χ4n) is 4.11. The molecule has 3 N–H and O–H groups in total. The lowest BCUT2D eigenvalue weighted by Gasteiger charge is -2.27. The van der Waals surface area contributed by atoms with Crippen LogP contribution in [0.25, 0.3) is 17.0 Å². The molecule has 1 aliphatic rings. The van der Waals surface area contributed by atoms with Gasteiger partial charge in [0.05, 0.1) is 23.6 Å². The molecule has 180 valence electrons. The highest BCUT2D eigenvalue weighted by atomic mass is 35.5. The number of halogens is 1. The van der Waals surface area contributed by atoms with Crippen molar-refractivity contribution in [1.29, 1.82) is 0 Å². The van der Waals surface area contributed by atoms with Crippen molar-refractivity contribution in [2.75, 3.05) is 29.9 Å². The second kappa shape index (κ2) is 12.3. The number of fused-ring (bicyclic) bond motifs is 1. The number of aromatic nitrogens is 5. The summed E-state index contributed by atoms with van der Waals surface area (Å²) < 4.78 is 2.06. The van der Waals surface area contributed by atoms with Crippen LogP contribution < -0.4 is 16.0 Å². The molecule has 5 rings (SSSR count). The highest BCUT2D eigenvalue weighted by Crippen LogP contribution is 2.26. The summed E-state index contributed by atoms with van der Waals surface area (Å²) in [4.78, 5) is 20.8. The van der Waals surface area contributed by atoms with E-state index in [0.29, 0.717) is 12.5 Å². The number of benzene rings is 1. The lowest BCUT2D eigenvalue weighted by atomic mass is 10.1. The Kier molecular flexibility index (Phi) is 9.18. The Morgan fingerprint density at radius 3 is 2.47 bits per heavy atom. The Morgan fingerprint density at radius 1 is 0.971 bits per heavy atom. The van der Waals surface area contributed by atoms with E-state index in [9.17, 15) is 0 Å². The summed E-state index contributed by atoms with van der Waals surface area (Å²) in [5.74, 6) is 1.48. The fraction of sp³-hybridized carbons (Fsp3) is 0.360. The van der Waals surface area contributed by atoms with E-state index in [1.165, 1.54) is 19.3 Å². The van der Waals surface area contributed by atoms with E-state index in [1.54, 1.807) is 6.20 Å². The number of rotatable bonds is 6. The number of hydrogen-bond donors (Lipinski definition) is 2. The Hall–Kier alpha value is -3.23. The smallest absolute Gasteiger partial charge is 0.223 e. The predicted molar refractivity (Wildman–Crippen MR) is 141 cm³/mol. The molecule has 0 saturated carbocycles. The molecule has 0 bridgehead atoms. The molecule has 1 fully saturated rings. The van der Waals surface area contributed by atoms with Crippen LogP contribution in [0.1, 0.15) is 44.7 Å². The Balaban J connectivity index is 0.00000105. The first-order chi connectivity index (χ1) is 16.3. The second-order valence-electron chi connectivity index (χ2n) is 7.74. The van der Waals surface area contributed by atoms with Gasteiger partial charge in [-0.15, -0.1) is 12.4 Å². The molecule has 1 saturated heterocycles. The first kappa shape index (κ1) is 25.4. The maximum Gasteiger partial charge on any atom is 0.223 e. The molecule has 1 atom stereocenters. The zero-order chi connectivity index (χ0) is 23.0. The van der Waals surface area contributed by atoms with Crippen LogP contribution in [0.2, 0.25) is 0 Å². The van der Waals surface area contributed by atoms with Crippen molar-refractivity contribution < 1.29 is 0 Å². The highest BCUT2D eigenvalue weighted by Gasteiger charge is 2.19. The molecule has 0 aliphatic carbocycles. The van der Waals surface area contributed by atoms with Crippen LogP contribution in [-0.2, 0) is 0 Å². The molecule has 0 amide bonds. The van der Waals surface area contributed by atoms with Crippen LogP contribution in [-0.4, -0.2) is 44.0 Å². The van der Waals surface area contributed by atoms with E-state index >= 15 is 0 Å². The molecular formula is C25H33ClN8. The first-order valence-electron chi connectivity index (χ1n) is 11.8. The minimum Gasteiger partial charge on any atom is -0.354 e. The maximum atomic E-state index is 6.00. The maximum absolute atomic E-state index is 6.00. The molecule has 0 spiro atoms. The number of imidazole rings is 1. The number of hydrogen-bond acceptors (Lipinski definition) is 7. The summed E-state index contributed by atoms with van der Waals surface area (Å²) >= 11 is 0. The van der Waals surface area contributed by atoms with Crippen LogP contribution in [0.3, 0.4) is 0 Å². The summed E-state index contributed by atoms with van der Waals surface area (Å²) in [5, 5.41) is 3.36. The van der Waals surface area contributed by atoms with Crippen molar-refractivity contribution >= 4 is 29.8 Å². The van der Waals surface area contributed by atoms with Crippen molar-refractivity contribution in [2.24, 2.45) is 5.73 Å². The monoisotopic (exact) mass is 480 g/mol. The van der Waals surface area contributed by atoms with Gasteiger partial charge in [0.25, 0.3) is 0 Å². The quantitative estimate of drug-likeness (QED) is 0.411. The lowest BCUT2D eigenvalue weighted by molar-refractivity contribution is 0.574. The third kappa shape index (κ3) is 5.46. The van der Waals surface area contributed by atoms with Gasteiger partial charge in [-0.25, -0.2) is 19.9 Å². The number of piperidine rings is 1. The molecular weight excluding hydrogens is 448 g/mol. The lowest BCUT2D eigenvalue weighted by Crippen LogP contribution is -2.30. The fourth-order valence-corrected chi connectivity index (χ4v) is 4.11. The van der Waals surface area contributed by atoms with Crippen molar-refractivity contribution in [3.8, 4) is 11.4 Å². The molecule has 9 heteroatoms. The van der Waals surface area contributed by atoms with Gasteiger partial charge in [0, 0.05) is 38.2 Å². The zero-order valence-corrected chi connectivity index (χ0v) is 20.6. The van der Waals surface area contributed by atoms with E-state index in [4.69, 9.17) is 10.7 Å². The van der Waals surface area contributed by atoms with Crippen molar-refractivity contribution in [1.82, 2.24) is 24.3 Å². The number of nitrogens with zero attached hydrogens (tertiary/aromatic N) is 6. The van der Waals surface area contributed by atoms with Gasteiger partial charge in [-0.1, -0.05) is 44.2 Å². The van der Waals surface area contributed by atoms with Crippen LogP contribution in [0, 0.1) is 0 Å². The minimum atomic E-state index is -0.0615. The van der Waals surface area contributed by atoms with Crippen LogP contribution in [0.15, 0.2) is 61.2 Å². The van der Waals surface area contributed by atoms with Crippen LogP contribution >= 0.6 is 12.4 Å². The summed E-state index contributed by atoms with van der Waals surface area (Å²) in [6.45, 7) is 6.49. The molecule has 34 heavy (non-hydrogen) atoms. The Morgan fingerprint density at radius 2 is 1.74 bits per heavy atom. The topological polar surface area (TPSA) is 97.3 Å². The molecule has 3 aromatic heterocycles. The summed E-state index contributed by atoms with van der Waals surface area (Å²) in [6.07, 6.45) is 11.1. The van der Waals surface area contributed by atoms with Gasteiger partial charge in [0.2, 0.25) is 5.95 Å². The highest BCUT2D eigenvalue weighted by molar-refractivity contribution is 5.85. The third-order valence-electron chi connectivity index (χ3n) is 5.72. The van der Waals surface area contributed by atoms with Crippen LogP contribution in [0.5, 0.6) is 0 Å². The minimum absolute atomic E-state index is 0. The van der Waals surface area contributed by atoms with Crippen LogP contribution in [0.4, 0.5) is 11.8 Å². The zero-order valence-electron chi connectivity index (χ0n) is 19.8. The van der Waals surface area contributed by atoms with Crippen molar-refractivity contribution in [3.05, 3.63) is 66.7 Å². The van der Waals surface area contributed by atoms with E-state index in [2.05, 4.69) is 29.6 Å². The normalized spacial score (nSPS) is 14.0. The molecule has 4 heterocycles. The van der Waals surface area contributed by atoms with E-state index in [-0.39, 0.29) is 18.4 Å². The summed E-state index contributed by atoms with van der Waals surface area (Å²) in [6, 6.07) is 11.9. The van der Waals surface area contributed by atoms with Crippen molar-refractivity contribution in [3.63, 3.8) is 0 Å². The molecule has 1 unspecified atom stereocenters. The van der Waals surface area contributed by atoms with E-state index in [0.717, 1.165) is 41.5 Å². The van der Waals surface area contributed by atoms with Gasteiger partial charge < -0.3 is 16.0 Å². The predicted octanol–water partition coefficient (Wildman–Crippen LogP) is 4.74. The van der Waals surface area contributed by atoms with Gasteiger partial charge in [0.1, 0.15) is 0 Å². The summed E-state index contributed by atoms with van der Waals surface area (Å²) in [5.41, 5.74) is 9.67. The number of nitrogens with one attached hydrogen (secondary N) is 1. The third-order valence-corrected chi connectivity index (χ3v) is 5.72. The summed E-state index contributed by atoms with van der Waals surface area (Å²) in [7, 11) is 0. The average Bonchev–Trinajstić information content (AvgIpc) is 3.34. The Bertz CT molecular complexity index is 1160. The largest absolute Gasteiger partial charge is 0.354 e. The standard InChI is InChI=1S/C23H26N8.C2H6.ClH/c24-15-19(17-7-3-1-4-8-17)29-23-26-10-9-18(28-23)20-16-27-22-21(25-11-14-31(20)22)30-12-5-2-6-13-30;1-2;/h1,3-4,7-11,14,16,19H,2,5-6,12-13,15,24H2,(H,26,28,29);1-2H3;1H. The van der Waals surface area contributed by atoms with Gasteiger partial charge >= 0.3 is 0 Å². The number of nitrogens with two attached hydrogens (primary N) is 1. The average molecular weight is 481 g/mol. The van der Waals surface area contributed by atoms with E-state index < -0.39 is 0 Å². The van der Waals surface area contributed by atoms with Crippen molar-refractivity contribution in [2.45, 2.75) is 39.2 Å². The second-order valence-corrected chi connectivity index (χ2v) is 7.74. The molecule has 1 aliphatic heterocycles. The molecule has 0 radical (unpaired) electrons. The van der Waals surface area contributed by atoms with E-state index in [1.807, 2.05) is 68.8 Å².